The average Bonchev–Trinajstić information content (AvgIpc) is 2.63. The van der Waals surface area contributed by atoms with Gasteiger partial charge in [-0.25, -0.2) is 0 Å². The molecule has 0 saturated carbocycles. The minimum atomic E-state index is -0.598. The summed E-state index contributed by atoms with van der Waals surface area (Å²) in [5.74, 6) is -0.00291. The van der Waals surface area contributed by atoms with E-state index in [9.17, 15) is 9.59 Å². The van der Waals surface area contributed by atoms with Gasteiger partial charge in [0.2, 0.25) is 11.8 Å². The van der Waals surface area contributed by atoms with Crippen LogP contribution in [0.5, 0.6) is 0 Å². The Morgan fingerprint density at radius 2 is 1.79 bits per heavy atom. The van der Waals surface area contributed by atoms with Crippen molar-refractivity contribution in [1.82, 2.24) is 10.2 Å². The van der Waals surface area contributed by atoms with Gasteiger partial charge in [0.1, 0.15) is 6.04 Å². The number of rotatable bonds is 7. The third-order valence-corrected chi connectivity index (χ3v) is 5.52. The van der Waals surface area contributed by atoms with Gasteiger partial charge in [0, 0.05) is 22.0 Å². The van der Waals surface area contributed by atoms with Crippen LogP contribution in [0, 0.1) is 6.92 Å². The summed E-state index contributed by atoms with van der Waals surface area (Å²) in [6, 6.07) is 14.8. The first-order chi connectivity index (χ1) is 13.5. The minimum Gasteiger partial charge on any atom is -0.350 e. The molecule has 2 aromatic carbocycles. The summed E-state index contributed by atoms with van der Waals surface area (Å²) >= 11 is 7.58. The molecule has 4 nitrogen and oxygen atoms in total. The maximum absolute atomic E-state index is 13.1. The second-order valence-electron chi connectivity index (χ2n) is 8.17. The summed E-state index contributed by atoms with van der Waals surface area (Å²) in [6.07, 6.45) is 0. The SMILES string of the molecule is Cc1ccc(SCC(=O)N(Cc2cccc(Cl)c2)[C@@H](C)C(=O)NC(C)(C)C)cc1. The molecule has 1 N–H and O–H groups in total. The van der Waals surface area contributed by atoms with Gasteiger partial charge in [-0.2, -0.15) is 0 Å². The first-order valence-corrected chi connectivity index (χ1v) is 11.0. The number of amides is 2. The average molecular weight is 433 g/mol. The summed E-state index contributed by atoms with van der Waals surface area (Å²) in [6.45, 7) is 9.89. The third-order valence-electron chi connectivity index (χ3n) is 4.29. The van der Waals surface area contributed by atoms with E-state index in [1.165, 1.54) is 17.3 Å². The fraction of sp³-hybridized carbons (Fsp3) is 0.391. The second-order valence-corrected chi connectivity index (χ2v) is 9.65. The largest absolute Gasteiger partial charge is 0.350 e. The molecule has 0 aliphatic heterocycles. The van der Waals surface area contributed by atoms with Crippen molar-refractivity contribution in [3.05, 3.63) is 64.7 Å². The van der Waals surface area contributed by atoms with Gasteiger partial charge in [0.05, 0.1) is 5.75 Å². The van der Waals surface area contributed by atoms with Crippen LogP contribution >= 0.6 is 23.4 Å². The normalized spacial score (nSPS) is 12.3. The van der Waals surface area contributed by atoms with E-state index < -0.39 is 6.04 Å². The van der Waals surface area contributed by atoms with Gasteiger partial charge in [-0.15, -0.1) is 11.8 Å². The zero-order valence-electron chi connectivity index (χ0n) is 17.7. The molecular formula is C23H29ClN2O2S. The Labute approximate surface area is 183 Å². The van der Waals surface area contributed by atoms with Gasteiger partial charge < -0.3 is 10.2 Å². The summed E-state index contributed by atoms with van der Waals surface area (Å²) in [5, 5.41) is 3.57. The summed E-state index contributed by atoms with van der Waals surface area (Å²) in [4.78, 5) is 28.5. The fourth-order valence-electron chi connectivity index (χ4n) is 2.75. The standard InChI is InChI=1S/C23H29ClN2O2S/c1-16-9-11-20(12-10-16)29-15-21(27)26(14-18-7-6-8-19(24)13-18)17(2)22(28)25-23(3,4)5/h6-13,17H,14-15H2,1-5H3,(H,25,28)/t17-/m0/s1. The number of hydrogen-bond donors (Lipinski definition) is 1. The predicted molar refractivity (Wildman–Crippen MR) is 121 cm³/mol. The van der Waals surface area contributed by atoms with Gasteiger partial charge in [0.15, 0.2) is 0 Å². The second kappa shape index (κ2) is 10.2. The van der Waals surface area contributed by atoms with Crippen LogP contribution in [0.15, 0.2) is 53.4 Å². The third kappa shape index (κ3) is 7.75. The number of carbonyl (C=O) groups excluding carboxylic acids is 2. The van der Waals surface area contributed by atoms with Gasteiger partial charge in [0.25, 0.3) is 0 Å². The highest BCUT2D eigenvalue weighted by molar-refractivity contribution is 8.00. The molecule has 0 saturated heterocycles. The molecule has 0 spiro atoms. The van der Waals surface area contributed by atoms with Gasteiger partial charge in [-0.3, -0.25) is 9.59 Å². The number of benzene rings is 2. The van der Waals surface area contributed by atoms with Crippen molar-refractivity contribution in [3.8, 4) is 0 Å². The minimum absolute atomic E-state index is 0.0906. The van der Waals surface area contributed by atoms with Crippen LogP contribution in [-0.2, 0) is 16.1 Å². The predicted octanol–water partition coefficient (Wildman–Crippen LogP) is 5.07. The zero-order chi connectivity index (χ0) is 21.6. The Hall–Kier alpha value is -1.98. The van der Waals surface area contributed by atoms with E-state index in [-0.39, 0.29) is 23.1 Å². The van der Waals surface area contributed by atoms with Gasteiger partial charge in [-0.1, -0.05) is 41.4 Å². The highest BCUT2D eigenvalue weighted by atomic mass is 35.5. The molecule has 0 radical (unpaired) electrons. The van der Waals surface area contributed by atoms with Crippen molar-refractivity contribution >= 4 is 35.2 Å². The topological polar surface area (TPSA) is 49.4 Å². The molecule has 29 heavy (non-hydrogen) atoms. The monoisotopic (exact) mass is 432 g/mol. The Morgan fingerprint density at radius 3 is 2.38 bits per heavy atom. The molecule has 2 aromatic rings. The molecule has 1 atom stereocenters. The first kappa shape index (κ1) is 23.3. The molecule has 0 fully saturated rings. The number of halogens is 1. The van der Waals surface area contributed by atoms with Crippen molar-refractivity contribution in [3.63, 3.8) is 0 Å². The number of aryl methyl sites for hydroxylation is 1. The molecule has 156 valence electrons. The Balaban J connectivity index is 2.16. The molecule has 0 unspecified atom stereocenters. The maximum atomic E-state index is 13.1. The van der Waals surface area contributed by atoms with Crippen molar-refractivity contribution in [2.75, 3.05) is 5.75 Å². The quantitative estimate of drug-likeness (QED) is 0.621. The number of thioether (sulfide) groups is 1. The molecule has 2 rings (SSSR count). The van der Waals surface area contributed by atoms with Crippen molar-refractivity contribution < 1.29 is 9.59 Å². The molecule has 0 bridgehead atoms. The van der Waals surface area contributed by atoms with Crippen LogP contribution in [0.25, 0.3) is 0 Å². The van der Waals surface area contributed by atoms with E-state index in [2.05, 4.69) is 5.32 Å². The van der Waals surface area contributed by atoms with E-state index in [1.807, 2.05) is 70.2 Å². The smallest absolute Gasteiger partial charge is 0.242 e. The lowest BCUT2D eigenvalue weighted by Gasteiger charge is -2.31. The zero-order valence-corrected chi connectivity index (χ0v) is 19.2. The van der Waals surface area contributed by atoms with Crippen LogP contribution in [0.2, 0.25) is 5.02 Å². The highest BCUT2D eigenvalue weighted by Crippen LogP contribution is 2.21. The Bertz CT molecular complexity index is 847. The molecule has 0 heterocycles. The lowest BCUT2D eigenvalue weighted by molar-refractivity contribution is -0.139. The van der Waals surface area contributed by atoms with Crippen LogP contribution < -0.4 is 5.32 Å². The molecular weight excluding hydrogens is 404 g/mol. The first-order valence-electron chi connectivity index (χ1n) is 9.60. The lowest BCUT2D eigenvalue weighted by atomic mass is 10.1. The Kier molecular flexibility index (Phi) is 8.17. The van der Waals surface area contributed by atoms with Crippen molar-refractivity contribution in [1.29, 1.82) is 0 Å². The Morgan fingerprint density at radius 1 is 1.14 bits per heavy atom. The molecule has 2 amide bonds. The summed E-state index contributed by atoms with van der Waals surface area (Å²) in [5.41, 5.74) is 1.70. The summed E-state index contributed by atoms with van der Waals surface area (Å²) < 4.78 is 0. The van der Waals surface area contributed by atoms with Crippen LogP contribution in [-0.4, -0.2) is 34.0 Å². The van der Waals surface area contributed by atoms with E-state index in [0.717, 1.165) is 10.5 Å². The van der Waals surface area contributed by atoms with Crippen LogP contribution in [0.3, 0.4) is 0 Å². The van der Waals surface area contributed by atoms with Gasteiger partial charge in [-0.05, 0) is 64.4 Å². The summed E-state index contributed by atoms with van der Waals surface area (Å²) in [7, 11) is 0. The van der Waals surface area contributed by atoms with Crippen molar-refractivity contribution in [2.24, 2.45) is 0 Å². The van der Waals surface area contributed by atoms with E-state index in [1.54, 1.807) is 17.9 Å². The number of nitrogens with one attached hydrogen (secondary N) is 1. The number of hydrogen-bond acceptors (Lipinski definition) is 3. The van der Waals surface area contributed by atoms with Crippen LogP contribution in [0.4, 0.5) is 0 Å². The fourth-order valence-corrected chi connectivity index (χ4v) is 3.75. The number of carbonyl (C=O) groups is 2. The van der Waals surface area contributed by atoms with E-state index in [0.29, 0.717) is 11.6 Å². The van der Waals surface area contributed by atoms with E-state index >= 15 is 0 Å². The maximum Gasteiger partial charge on any atom is 0.242 e. The van der Waals surface area contributed by atoms with Crippen molar-refractivity contribution in [2.45, 2.75) is 57.6 Å². The molecule has 0 aromatic heterocycles. The highest BCUT2D eigenvalue weighted by Gasteiger charge is 2.28. The lowest BCUT2D eigenvalue weighted by Crippen LogP contribution is -2.52. The van der Waals surface area contributed by atoms with Crippen LogP contribution in [0.1, 0.15) is 38.8 Å². The molecule has 0 aliphatic carbocycles. The van der Waals surface area contributed by atoms with Gasteiger partial charge >= 0.3 is 0 Å². The molecule has 6 heteroatoms. The molecule has 0 aliphatic rings. The number of nitrogens with zero attached hydrogens (tertiary/aromatic N) is 1. The van der Waals surface area contributed by atoms with E-state index in [4.69, 9.17) is 11.6 Å².